The van der Waals surface area contributed by atoms with Crippen molar-refractivity contribution in [2.24, 2.45) is 5.92 Å². The van der Waals surface area contributed by atoms with E-state index in [0.717, 1.165) is 51.2 Å². The second-order valence-electron chi connectivity index (χ2n) is 6.07. The highest BCUT2D eigenvalue weighted by Crippen LogP contribution is 2.29. The number of hydrogen-bond donors (Lipinski definition) is 1. The number of nitrogens with one attached hydrogen (secondary N) is 1. The largest absolute Gasteiger partial charge is 0.314 e. The average Bonchev–Trinajstić information content (AvgIpc) is 2.45. The minimum absolute atomic E-state index is 0.0564. The molecule has 118 valence electrons. The molecule has 0 unspecified atom stereocenters. The normalized spacial score (nSPS) is 18.2. The van der Waals surface area contributed by atoms with Crippen LogP contribution in [0.5, 0.6) is 0 Å². The molecule has 0 radical (unpaired) electrons. The maximum Gasteiger partial charge on any atom is 0.194 e. The van der Waals surface area contributed by atoms with E-state index in [1.807, 2.05) is 0 Å². The topological polar surface area (TPSA) is 15.3 Å². The van der Waals surface area contributed by atoms with Gasteiger partial charge in [0.05, 0.1) is 0 Å². The Balaban J connectivity index is 2.24. The first kappa shape index (κ1) is 16.3. The summed E-state index contributed by atoms with van der Waals surface area (Å²) in [5, 5.41) is 3.27. The molecule has 1 aliphatic rings. The monoisotopic (exact) mass is 300 g/mol. The van der Waals surface area contributed by atoms with Crippen molar-refractivity contribution in [3.63, 3.8) is 0 Å². The molecule has 0 aliphatic carbocycles. The summed E-state index contributed by atoms with van der Waals surface area (Å²) in [5.74, 6) is -3.07. The molecule has 1 aromatic rings. The van der Waals surface area contributed by atoms with Gasteiger partial charge in [-0.25, -0.2) is 13.2 Å². The van der Waals surface area contributed by atoms with Crippen LogP contribution in [0.4, 0.5) is 13.2 Å². The van der Waals surface area contributed by atoms with Crippen LogP contribution >= 0.6 is 0 Å². The van der Waals surface area contributed by atoms with E-state index in [4.69, 9.17) is 0 Å². The van der Waals surface area contributed by atoms with Crippen LogP contribution in [0.15, 0.2) is 12.1 Å². The van der Waals surface area contributed by atoms with Crippen molar-refractivity contribution >= 4 is 0 Å². The predicted molar refractivity (Wildman–Crippen MR) is 77.6 cm³/mol. The van der Waals surface area contributed by atoms with Gasteiger partial charge in [-0.05, 0) is 36.5 Å². The zero-order valence-electron chi connectivity index (χ0n) is 12.6. The SMILES string of the molecule is CC(C)CC[C@@H](c1cc(F)c(F)c(F)c1)N1CCNCC1. The van der Waals surface area contributed by atoms with Crippen molar-refractivity contribution in [3.05, 3.63) is 35.1 Å². The summed E-state index contributed by atoms with van der Waals surface area (Å²) in [5.41, 5.74) is 0.536. The number of halogens is 3. The molecule has 0 amide bonds. The highest BCUT2D eigenvalue weighted by molar-refractivity contribution is 5.23. The van der Waals surface area contributed by atoms with Gasteiger partial charge in [-0.15, -0.1) is 0 Å². The summed E-state index contributed by atoms with van der Waals surface area (Å²) >= 11 is 0. The lowest BCUT2D eigenvalue weighted by Crippen LogP contribution is -2.45. The molecule has 0 saturated carbocycles. The molecule has 1 aliphatic heterocycles. The van der Waals surface area contributed by atoms with Crippen LogP contribution in [0.1, 0.15) is 38.3 Å². The first-order valence-electron chi connectivity index (χ1n) is 7.58. The van der Waals surface area contributed by atoms with E-state index >= 15 is 0 Å². The molecule has 1 saturated heterocycles. The molecule has 1 N–H and O–H groups in total. The maximum absolute atomic E-state index is 13.5. The van der Waals surface area contributed by atoms with Crippen molar-refractivity contribution in [3.8, 4) is 0 Å². The van der Waals surface area contributed by atoms with Gasteiger partial charge in [-0.1, -0.05) is 13.8 Å². The Labute approximate surface area is 124 Å². The third-order valence-electron chi connectivity index (χ3n) is 4.00. The minimum atomic E-state index is -1.39. The van der Waals surface area contributed by atoms with E-state index < -0.39 is 17.5 Å². The second kappa shape index (κ2) is 7.27. The summed E-state index contributed by atoms with van der Waals surface area (Å²) in [4.78, 5) is 2.23. The molecule has 2 rings (SSSR count). The standard InChI is InChI=1S/C16H23F3N2/c1-11(2)3-4-15(21-7-5-20-6-8-21)12-9-13(17)16(19)14(18)10-12/h9-11,15,20H,3-8H2,1-2H3/t15-/m0/s1. The van der Waals surface area contributed by atoms with Crippen LogP contribution in [0.2, 0.25) is 0 Å². The smallest absolute Gasteiger partial charge is 0.194 e. The molecule has 0 aromatic heterocycles. The third kappa shape index (κ3) is 4.20. The predicted octanol–water partition coefficient (Wildman–Crippen LogP) is 3.49. The lowest BCUT2D eigenvalue weighted by atomic mass is 9.95. The Kier molecular flexibility index (Phi) is 5.65. The second-order valence-corrected chi connectivity index (χ2v) is 6.07. The zero-order valence-corrected chi connectivity index (χ0v) is 12.6. The van der Waals surface area contributed by atoms with Crippen LogP contribution in [0.25, 0.3) is 0 Å². The van der Waals surface area contributed by atoms with Crippen LogP contribution in [0.3, 0.4) is 0 Å². The van der Waals surface area contributed by atoms with Crippen LogP contribution in [0, 0.1) is 23.4 Å². The van der Waals surface area contributed by atoms with E-state index in [-0.39, 0.29) is 6.04 Å². The lowest BCUT2D eigenvalue weighted by Gasteiger charge is -2.35. The summed E-state index contributed by atoms with van der Waals surface area (Å²) in [6.07, 6.45) is 1.79. The molecule has 1 fully saturated rings. The first-order valence-corrected chi connectivity index (χ1v) is 7.58. The molecule has 0 spiro atoms. The van der Waals surface area contributed by atoms with Crippen LogP contribution in [-0.2, 0) is 0 Å². The minimum Gasteiger partial charge on any atom is -0.314 e. The number of benzene rings is 1. The summed E-state index contributed by atoms with van der Waals surface area (Å²) in [6, 6.07) is 2.23. The van der Waals surface area contributed by atoms with E-state index in [0.29, 0.717) is 11.5 Å². The van der Waals surface area contributed by atoms with E-state index in [9.17, 15) is 13.2 Å². The van der Waals surface area contributed by atoms with Crippen molar-refractivity contribution < 1.29 is 13.2 Å². The summed E-state index contributed by atoms with van der Waals surface area (Å²) in [7, 11) is 0. The lowest BCUT2D eigenvalue weighted by molar-refractivity contribution is 0.159. The molecular weight excluding hydrogens is 277 g/mol. The Morgan fingerprint density at radius 1 is 1.05 bits per heavy atom. The first-order chi connectivity index (χ1) is 9.99. The van der Waals surface area contributed by atoms with Crippen LogP contribution in [-0.4, -0.2) is 31.1 Å². The Hall–Kier alpha value is -1.07. The summed E-state index contributed by atoms with van der Waals surface area (Å²) in [6.45, 7) is 7.66. The Bertz CT molecular complexity index is 448. The molecule has 21 heavy (non-hydrogen) atoms. The molecule has 1 aromatic carbocycles. The van der Waals surface area contributed by atoms with Gasteiger partial charge in [-0.2, -0.15) is 0 Å². The molecule has 5 heteroatoms. The Morgan fingerprint density at radius 2 is 1.62 bits per heavy atom. The van der Waals surface area contributed by atoms with Gasteiger partial charge >= 0.3 is 0 Å². The quantitative estimate of drug-likeness (QED) is 0.838. The fourth-order valence-corrected chi connectivity index (χ4v) is 2.81. The number of rotatable bonds is 5. The van der Waals surface area contributed by atoms with E-state index in [1.54, 1.807) is 0 Å². The number of nitrogens with zero attached hydrogens (tertiary/aromatic N) is 1. The van der Waals surface area contributed by atoms with Crippen molar-refractivity contribution in [1.29, 1.82) is 0 Å². The number of hydrogen-bond acceptors (Lipinski definition) is 2. The maximum atomic E-state index is 13.5. The fourth-order valence-electron chi connectivity index (χ4n) is 2.81. The van der Waals surface area contributed by atoms with Crippen molar-refractivity contribution in [2.45, 2.75) is 32.7 Å². The van der Waals surface area contributed by atoms with Crippen molar-refractivity contribution in [2.75, 3.05) is 26.2 Å². The van der Waals surface area contributed by atoms with Gasteiger partial charge in [-0.3, -0.25) is 4.90 Å². The molecule has 1 atom stereocenters. The molecular formula is C16H23F3N2. The zero-order chi connectivity index (χ0) is 15.4. The van der Waals surface area contributed by atoms with Crippen LogP contribution < -0.4 is 5.32 Å². The molecule has 0 bridgehead atoms. The molecule has 1 heterocycles. The van der Waals surface area contributed by atoms with Gasteiger partial charge < -0.3 is 5.32 Å². The Morgan fingerprint density at radius 3 is 2.14 bits per heavy atom. The third-order valence-corrected chi connectivity index (χ3v) is 4.00. The van der Waals surface area contributed by atoms with Gasteiger partial charge in [0.2, 0.25) is 0 Å². The van der Waals surface area contributed by atoms with E-state index in [1.165, 1.54) is 0 Å². The van der Waals surface area contributed by atoms with Crippen molar-refractivity contribution in [1.82, 2.24) is 10.2 Å². The highest BCUT2D eigenvalue weighted by atomic mass is 19.2. The van der Waals surface area contributed by atoms with Gasteiger partial charge in [0.25, 0.3) is 0 Å². The average molecular weight is 300 g/mol. The van der Waals surface area contributed by atoms with Gasteiger partial charge in [0.1, 0.15) is 0 Å². The fraction of sp³-hybridized carbons (Fsp3) is 0.625. The van der Waals surface area contributed by atoms with Gasteiger partial charge in [0, 0.05) is 32.2 Å². The summed E-state index contributed by atoms with van der Waals surface area (Å²) < 4.78 is 40.2. The van der Waals surface area contributed by atoms with E-state index in [2.05, 4.69) is 24.1 Å². The molecule has 2 nitrogen and oxygen atoms in total. The number of piperazine rings is 1. The highest BCUT2D eigenvalue weighted by Gasteiger charge is 2.24. The van der Waals surface area contributed by atoms with Gasteiger partial charge in [0.15, 0.2) is 17.5 Å².